The lowest BCUT2D eigenvalue weighted by Crippen LogP contribution is -2.33. The quantitative estimate of drug-likeness (QED) is 0.237. The summed E-state index contributed by atoms with van der Waals surface area (Å²) < 4.78 is 5.44. The number of ether oxygens (including phenoxy) is 1. The summed E-state index contributed by atoms with van der Waals surface area (Å²) in [5, 5.41) is 0. The molecular formula is C11H17N5O3. The van der Waals surface area contributed by atoms with Crippen LogP contribution in [0.3, 0.4) is 0 Å². The van der Waals surface area contributed by atoms with Gasteiger partial charge in [0, 0.05) is 12.1 Å². The monoisotopic (exact) mass is 267 g/mol. The van der Waals surface area contributed by atoms with Gasteiger partial charge in [-0.15, -0.1) is 0 Å². The molecule has 0 atom stereocenters. The van der Waals surface area contributed by atoms with Gasteiger partial charge in [0.05, 0.1) is 6.61 Å². The molecule has 19 heavy (non-hydrogen) atoms. The molecule has 0 saturated heterocycles. The first-order chi connectivity index (χ1) is 9.12. The highest BCUT2D eigenvalue weighted by Gasteiger charge is 2.14. The fraction of sp³-hybridized carbons (Fsp3) is 0.364. The van der Waals surface area contributed by atoms with Crippen LogP contribution in [-0.4, -0.2) is 23.4 Å². The van der Waals surface area contributed by atoms with Crippen LogP contribution in [0.1, 0.15) is 40.7 Å². The first kappa shape index (κ1) is 14.9. The Morgan fingerprint density at radius 2 is 1.74 bits per heavy atom. The van der Waals surface area contributed by atoms with Gasteiger partial charge in [0.2, 0.25) is 0 Å². The normalized spacial score (nSPS) is 9.84. The number of carbonyl (C=O) groups is 2. The molecule has 6 N–H and O–H groups in total. The van der Waals surface area contributed by atoms with Crippen LogP contribution in [0, 0.1) is 0 Å². The topological polar surface area (TPSA) is 132 Å². The van der Waals surface area contributed by atoms with Gasteiger partial charge in [-0.25, -0.2) is 16.7 Å². The van der Waals surface area contributed by atoms with E-state index in [2.05, 4.69) is 4.98 Å². The van der Waals surface area contributed by atoms with Crippen molar-refractivity contribution < 1.29 is 14.3 Å². The second kappa shape index (κ2) is 7.29. The molecule has 1 rings (SSSR count). The van der Waals surface area contributed by atoms with Crippen molar-refractivity contribution in [2.75, 3.05) is 6.61 Å². The van der Waals surface area contributed by atoms with Gasteiger partial charge in [0.15, 0.2) is 0 Å². The Morgan fingerprint density at radius 1 is 1.21 bits per heavy atom. The van der Waals surface area contributed by atoms with Gasteiger partial charge < -0.3 is 4.74 Å². The molecule has 0 saturated carbocycles. The summed E-state index contributed by atoms with van der Waals surface area (Å²) >= 11 is 0. The smallest absolute Gasteiger partial charge is 0.283 e. The number of nitrogen functional groups attached to an aromatic ring is 2. The Kier molecular flexibility index (Phi) is 5.71. The summed E-state index contributed by atoms with van der Waals surface area (Å²) in [6.07, 6.45) is 1.83. The number of hydrazine groups is 2. The Morgan fingerprint density at radius 3 is 2.16 bits per heavy atom. The predicted molar refractivity (Wildman–Crippen MR) is 67.9 cm³/mol. The van der Waals surface area contributed by atoms with Gasteiger partial charge in [-0.3, -0.25) is 20.4 Å². The molecule has 0 bridgehead atoms. The van der Waals surface area contributed by atoms with Crippen molar-refractivity contribution in [2.24, 2.45) is 11.7 Å². The van der Waals surface area contributed by atoms with Crippen LogP contribution in [0.15, 0.2) is 12.1 Å². The van der Waals surface area contributed by atoms with Crippen LogP contribution in [0.25, 0.3) is 0 Å². The number of pyridine rings is 1. The van der Waals surface area contributed by atoms with Crippen molar-refractivity contribution in [2.45, 2.75) is 19.8 Å². The van der Waals surface area contributed by atoms with Crippen LogP contribution in [0.5, 0.6) is 5.75 Å². The van der Waals surface area contributed by atoms with E-state index in [0.29, 0.717) is 12.4 Å². The van der Waals surface area contributed by atoms with Crippen molar-refractivity contribution >= 4 is 11.8 Å². The van der Waals surface area contributed by atoms with Crippen LogP contribution < -0.4 is 27.3 Å². The van der Waals surface area contributed by atoms with Gasteiger partial charge in [-0.05, 0) is 6.42 Å². The summed E-state index contributed by atoms with van der Waals surface area (Å²) in [6, 6.07) is 2.82. The summed E-state index contributed by atoms with van der Waals surface area (Å²) in [5.41, 5.74) is 3.84. The fourth-order valence-electron chi connectivity index (χ4n) is 1.30. The molecule has 1 aromatic rings. The number of hydrogen-bond acceptors (Lipinski definition) is 6. The van der Waals surface area contributed by atoms with Gasteiger partial charge in [-0.1, -0.05) is 13.3 Å². The Hall–Kier alpha value is -2.19. The lowest BCUT2D eigenvalue weighted by molar-refractivity contribution is 0.0943. The van der Waals surface area contributed by atoms with E-state index in [0.717, 1.165) is 12.8 Å². The second-order valence-electron chi connectivity index (χ2n) is 3.72. The molecule has 0 aliphatic rings. The van der Waals surface area contributed by atoms with Gasteiger partial charge in [-0.2, -0.15) is 0 Å². The minimum atomic E-state index is -0.619. The Bertz CT molecular complexity index is 429. The number of carbonyl (C=O) groups excluding carboxylic acids is 2. The number of amides is 2. The molecule has 0 spiro atoms. The number of rotatable bonds is 6. The van der Waals surface area contributed by atoms with Crippen LogP contribution in [0.4, 0.5) is 0 Å². The zero-order chi connectivity index (χ0) is 14.3. The summed E-state index contributed by atoms with van der Waals surface area (Å²) in [5.74, 6) is 9.18. The van der Waals surface area contributed by atoms with Crippen molar-refractivity contribution in [1.29, 1.82) is 0 Å². The molecule has 2 amide bonds. The van der Waals surface area contributed by atoms with Crippen LogP contribution in [0.2, 0.25) is 0 Å². The molecule has 8 heteroatoms. The molecular weight excluding hydrogens is 250 g/mol. The molecule has 8 nitrogen and oxygen atoms in total. The molecule has 1 heterocycles. The molecule has 0 radical (unpaired) electrons. The second-order valence-corrected chi connectivity index (χ2v) is 3.72. The van der Waals surface area contributed by atoms with Gasteiger partial charge in [0.1, 0.15) is 17.1 Å². The third kappa shape index (κ3) is 4.19. The largest absolute Gasteiger partial charge is 0.493 e. The van der Waals surface area contributed by atoms with Crippen LogP contribution >= 0.6 is 0 Å². The maximum atomic E-state index is 11.4. The molecule has 104 valence electrons. The van der Waals surface area contributed by atoms with Gasteiger partial charge in [0.25, 0.3) is 11.8 Å². The van der Waals surface area contributed by atoms with E-state index in [1.165, 1.54) is 12.1 Å². The molecule has 1 aromatic heterocycles. The summed E-state index contributed by atoms with van der Waals surface area (Å²) in [7, 11) is 0. The first-order valence-electron chi connectivity index (χ1n) is 5.79. The molecule has 0 aromatic carbocycles. The maximum absolute atomic E-state index is 11.4. The van der Waals surface area contributed by atoms with E-state index < -0.39 is 11.8 Å². The van der Waals surface area contributed by atoms with Gasteiger partial charge >= 0.3 is 0 Å². The highest BCUT2D eigenvalue weighted by atomic mass is 16.5. The lowest BCUT2D eigenvalue weighted by atomic mass is 10.2. The van der Waals surface area contributed by atoms with Crippen LogP contribution in [-0.2, 0) is 0 Å². The third-order valence-corrected chi connectivity index (χ3v) is 2.29. The van der Waals surface area contributed by atoms with E-state index in [1.807, 2.05) is 17.8 Å². The van der Waals surface area contributed by atoms with E-state index >= 15 is 0 Å². The number of nitrogens with one attached hydrogen (secondary N) is 2. The number of unbranched alkanes of at least 4 members (excludes halogenated alkanes) is 1. The third-order valence-electron chi connectivity index (χ3n) is 2.29. The SMILES string of the molecule is CCCCOc1cc(C(=O)NN)nc(C(=O)NN)c1. The van der Waals surface area contributed by atoms with Crippen molar-refractivity contribution in [1.82, 2.24) is 15.8 Å². The average molecular weight is 267 g/mol. The maximum Gasteiger partial charge on any atom is 0.283 e. The zero-order valence-electron chi connectivity index (χ0n) is 10.6. The standard InChI is InChI=1S/C11H17N5O3/c1-2-3-4-19-7-5-8(10(17)15-12)14-9(6-7)11(18)16-13/h5-6H,2-4,12-13H2,1H3,(H,15,17)(H,16,18). The van der Waals surface area contributed by atoms with Crippen molar-refractivity contribution in [3.63, 3.8) is 0 Å². The van der Waals surface area contributed by atoms with E-state index in [-0.39, 0.29) is 11.4 Å². The predicted octanol–water partition coefficient (Wildman–Crippen LogP) is -0.532. The average Bonchev–Trinajstić information content (AvgIpc) is 2.45. The number of aromatic nitrogens is 1. The fourth-order valence-corrected chi connectivity index (χ4v) is 1.30. The first-order valence-corrected chi connectivity index (χ1v) is 5.79. The van der Waals surface area contributed by atoms with Crippen molar-refractivity contribution in [3.8, 4) is 5.75 Å². The molecule has 0 aliphatic carbocycles. The number of nitrogens with two attached hydrogens (primary N) is 2. The number of hydrogen-bond donors (Lipinski definition) is 4. The van der Waals surface area contributed by atoms with E-state index in [4.69, 9.17) is 16.4 Å². The summed E-state index contributed by atoms with van der Waals surface area (Å²) in [6.45, 7) is 2.50. The molecule has 0 unspecified atom stereocenters. The Labute approximate surface area is 110 Å². The Balaban J connectivity index is 3.02. The minimum Gasteiger partial charge on any atom is -0.493 e. The summed E-state index contributed by atoms with van der Waals surface area (Å²) in [4.78, 5) is 26.7. The highest BCUT2D eigenvalue weighted by Crippen LogP contribution is 2.15. The van der Waals surface area contributed by atoms with Crippen molar-refractivity contribution in [3.05, 3.63) is 23.5 Å². The van der Waals surface area contributed by atoms with E-state index in [1.54, 1.807) is 0 Å². The highest BCUT2D eigenvalue weighted by molar-refractivity contribution is 5.96. The number of nitrogens with zero attached hydrogens (tertiary/aromatic N) is 1. The minimum absolute atomic E-state index is 0.0184. The molecule has 0 aliphatic heterocycles. The lowest BCUT2D eigenvalue weighted by Gasteiger charge is -2.09. The molecule has 0 fully saturated rings. The van der Waals surface area contributed by atoms with E-state index in [9.17, 15) is 9.59 Å². The zero-order valence-corrected chi connectivity index (χ0v) is 10.6.